The number of aromatic nitrogens is 1. The standard InChI is InChI=1S/C16H13F3N2O4/c1-21(25-15(23)24-10-11-5-3-2-4-6-11)14(22)12-9-20-8-7-13(12)16(17,18)19/h2-9H,10H2,1H3. The number of halogens is 3. The van der Waals surface area contributed by atoms with Crippen molar-refractivity contribution in [1.29, 1.82) is 0 Å². The first-order valence-electron chi connectivity index (χ1n) is 6.97. The summed E-state index contributed by atoms with van der Waals surface area (Å²) in [5, 5.41) is 0.361. The molecule has 2 aromatic rings. The number of alkyl halides is 3. The first-order valence-corrected chi connectivity index (χ1v) is 6.97. The molecule has 0 aliphatic heterocycles. The molecule has 0 atom stereocenters. The zero-order valence-electron chi connectivity index (χ0n) is 13.0. The lowest BCUT2D eigenvalue weighted by molar-refractivity contribution is -0.138. The van der Waals surface area contributed by atoms with E-state index in [1.165, 1.54) is 0 Å². The first kappa shape index (κ1) is 18.2. The molecule has 132 valence electrons. The summed E-state index contributed by atoms with van der Waals surface area (Å²) < 4.78 is 43.5. The van der Waals surface area contributed by atoms with E-state index in [1.807, 2.05) is 0 Å². The van der Waals surface area contributed by atoms with Gasteiger partial charge in [-0.3, -0.25) is 9.78 Å². The normalized spacial score (nSPS) is 10.9. The van der Waals surface area contributed by atoms with Crippen LogP contribution < -0.4 is 0 Å². The molecule has 2 rings (SSSR count). The summed E-state index contributed by atoms with van der Waals surface area (Å²) in [5.41, 5.74) is -1.24. The van der Waals surface area contributed by atoms with Gasteiger partial charge in [0.25, 0.3) is 5.91 Å². The quantitative estimate of drug-likeness (QED) is 0.624. The largest absolute Gasteiger partial charge is 0.533 e. The predicted octanol–water partition coefficient (Wildman–Crippen LogP) is 3.44. The van der Waals surface area contributed by atoms with Crippen LogP contribution in [0, 0.1) is 0 Å². The molecule has 0 aliphatic rings. The summed E-state index contributed by atoms with van der Waals surface area (Å²) in [7, 11) is 0.999. The molecule has 1 heterocycles. The first-order chi connectivity index (χ1) is 11.8. The number of carbonyl (C=O) groups is 2. The van der Waals surface area contributed by atoms with Gasteiger partial charge in [-0.05, 0) is 11.6 Å². The maximum absolute atomic E-state index is 12.9. The number of nitrogens with zero attached hydrogens (tertiary/aromatic N) is 2. The van der Waals surface area contributed by atoms with Crippen molar-refractivity contribution in [3.63, 3.8) is 0 Å². The zero-order chi connectivity index (χ0) is 18.4. The number of hydroxylamine groups is 2. The Hall–Kier alpha value is -3.10. The maximum atomic E-state index is 12.9. The van der Waals surface area contributed by atoms with Crippen molar-refractivity contribution >= 4 is 12.1 Å². The van der Waals surface area contributed by atoms with Crippen molar-refractivity contribution in [2.45, 2.75) is 12.8 Å². The Morgan fingerprint density at radius 3 is 2.48 bits per heavy atom. The Morgan fingerprint density at radius 1 is 1.16 bits per heavy atom. The van der Waals surface area contributed by atoms with Gasteiger partial charge < -0.3 is 9.57 Å². The Labute approximate surface area is 140 Å². The van der Waals surface area contributed by atoms with Crippen molar-refractivity contribution in [2.24, 2.45) is 0 Å². The molecular weight excluding hydrogens is 341 g/mol. The summed E-state index contributed by atoms with van der Waals surface area (Å²) in [5.74, 6) is -1.18. The van der Waals surface area contributed by atoms with Crippen molar-refractivity contribution in [2.75, 3.05) is 7.05 Å². The highest BCUT2D eigenvalue weighted by atomic mass is 19.4. The minimum absolute atomic E-state index is 0.109. The average molecular weight is 354 g/mol. The average Bonchev–Trinajstić information content (AvgIpc) is 2.59. The molecule has 0 fully saturated rings. The molecule has 0 aliphatic carbocycles. The molecule has 25 heavy (non-hydrogen) atoms. The van der Waals surface area contributed by atoms with Gasteiger partial charge in [0.2, 0.25) is 0 Å². The van der Waals surface area contributed by atoms with Crippen molar-refractivity contribution in [3.8, 4) is 0 Å². The SMILES string of the molecule is CN(OC(=O)OCc1ccccc1)C(=O)c1cnccc1C(F)(F)F. The lowest BCUT2D eigenvalue weighted by atomic mass is 10.1. The number of rotatable bonds is 3. The molecule has 0 saturated heterocycles. The zero-order valence-corrected chi connectivity index (χ0v) is 13.0. The number of benzene rings is 1. The molecule has 1 aromatic carbocycles. The van der Waals surface area contributed by atoms with E-state index in [2.05, 4.69) is 9.82 Å². The van der Waals surface area contributed by atoms with Gasteiger partial charge in [-0.25, -0.2) is 4.79 Å². The number of hydrogen-bond donors (Lipinski definition) is 0. The van der Waals surface area contributed by atoms with Crippen LogP contribution in [0.1, 0.15) is 21.5 Å². The van der Waals surface area contributed by atoms with Crippen molar-refractivity contribution < 1.29 is 32.3 Å². The van der Waals surface area contributed by atoms with E-state index in [1.54, 1.807) is 30.3 Å². The fourth-order valence-corrected chi connectivity index (χ4v) is 1.88. The fourth-order valence-electron chi connectivity index (χ4n) is 1.88. The van der Waals surface area contributed by atoms with Crippen LogP contribution in [0.3, 0.4) is 0 Å². The number of amides is 1. The number of ether oxygens (including phenoxy) is 1. The van der Waals surface area contributed by atoms with Crippen LogP contribution in [0.15, 0.2) is 48.8 Å². The van der Waals surface area contributed by atoms with Gasteiger partial charge in [0.1, 0.15) is 6.61 Å². The van der Waals surface area contributed by atoms with E-state index in [-0.39, 0.29) is 6.61 Å². The van der Waals surface area contributed by atoms with Gasteiger partial charge in [0.05, 0.1) is 11.1 Å². The predicted molar refractivity (Wildman–Crippen MR) is 79.0 cm³/mol. The smallest absolute Gasteiger partial charge is 0.428 e. The molecule has 0 unspecified atom stereocenters. The van der Waals surface area contributed by atoms with E-state index in [4.69, 9.17) is 4.74 Å². The third-order valence-electron chi connectivity index (χ3n) is 3.05. The van der Waals surface area contributed by atoms with Crippen LogP contribution >= 0.6 is 0 Å². The summed E-state index contributed by atoms with van der Waals surface area (Å²) in [6, 6.07) is 9.32. The monoisotopic (exact) mass is 354 g/mol. The van der Waals surface area contributed by atoms with Gasteiger partial charge in [-0.1, -0.05) is 30.3 Å². The minimum Gasteiger partial charge on any atom is -0.428 e. The third kappa shape index (κ3) is 4.93. The number of carbonyl (C=O) groups excluding carboxylic acids is 2. The fraction of sp³-hybridized carbons (Fsp3) is 0.188. The summed E-state index contributed by atoms with van der Waals surface area (Å²) in [6.07, 6.45) is -4.31. The van der Waals surface area contributed by atoms with E-state index in [0.29, 0.717) is 16.7 Å². The van der Waals surface area contributed by atoms with Gasteiger partial charge in [-0.2, -0.15) is 18.2 Å². The highest BCUT2D eigenvalue weighted by Gasteiger charge is 2.36. The molecule has 0 spiro atoms. The van der Waals surface area contributed by atoms with Gasteiger partial charge in [-0.15, -0.1) is 0 Å². The molecule has 9 heteroatoms. The summed E-state index contributed by atoms with van der Waals surface area (Å²) in [4.78, 5) is 31.7. The topological polar surface area (TPSA) is 68.7 Å². The maximum Gasteiger partial charge on any atom is 0.533 e. The molecule has 6 nitrogen and oxygen atoms in total. The Bertz CT molecular complexity index is 751. The van der Waals surface area contributed by atoms with Gasteiger partial charge in [0, 0.05) is 19.4 Å². The van der Waals surface area contributed by atoms with Gasteiger partial charge >= 0.3 is 12.3 Å². The Kier molecular flexibility index (Phi) is 5.58. The highest BCUT2D eigenvalue weighted by molar-refractivity contribution is 5.95. The number of pyridine rings is 1. The van der Waals surface area contributed by atoms with Gasteiger partial charge in [0.15, 0.2) is 0 Å². The molecule has 0 bridgehead atoms. The van der Waals surface area contributed by atoms with Crippen LogP contribution in [0.2, 0.25) is 0 Å². The van der Waals surface area contributed by atoms with Crippen LogP contribution in [0.5, 0.6) is 0 Å². The second-order valence-electron chi connectivity index (χ2n) is 4.84. The van der Waals surface area contributed by atoms with Crippen LogP contribution in [-0.4, -0.2) is 29.2 Å². The van der Waals surface area contributed by atoms with Crippen LogP contribution in [0.4, 0.5) is 18.0 Å². The van der Waals surface area contributed by atoms with Crippen molar-refractivity contribution in [1.82, 2.24) is 10.0 Å². The molecule has 0 radical (unpaired) electrons. The van der Waals surface area contributed by atoms with Crippen molar-refractivity contribution in [3.05, 3.63) is 65.5 Å². The van der Waals surface area contributed by atoms with Crippen LogP contribution in [0.25, 0.3) is 0 Å². The second kappa shape index (κ2) is 7.65. The van der Waals surface area contributed by atoms with E-state index < -0.39 is 29.4 Å². The minimum atomic E-state index is -4.75. The van der Waals surface area contributed by atoms with E-state index in [0.717, 1.165) is 19.4 Å². The van der Waals surface area contributed by atoms with Crippen LogP contribution in [-0.2, 0) is 22.4 Å². The molecule has 0 saturated carbocycles. The number of hydrogen-bond acceptors (Lipinski definition) is 5. The lowest BCUT2D eigenvalue weighted by Gasteiger charge is -2.18. The van der Waals surface area contributed by atoms with E-state index in [9.17, 15) is 22.8 Å². The van der Waals surface area contributed by atoms with E-state index >= 15 is 0 Å². The molecule has 1 aromatic heterocycles. The summed E-state index contributed by atoms with van der Waals surface area (Å²) in [6.45, 7) is -0.109. The second-order valence-corrected chi connectivity index (χ2v) is 4.84. The Balaban J connectivity index is 2.00. The molecule has 0 N–H and O–H groups in total. The molecular formula is C16H13F3N2O4. The third-order valence-corrected chi connectivity index (χ3v) is 3.05. The Morgan fingerprint density at radius 2 is 1.84 bits per heavy atom. The summed E-state index contributed by atoms with van der Waals surface area (Å²) >= 11 is 0. The molecule has 1 amide bonds. The lowest BCUT2D eigenvalue weighted by Crippen LogP contribution is -2.31. The highest BCUT2D eigenvalue weighted by Crippen LogP contribution is 2.31.